The topological polar surface area (TPSA) is 60.7 Å². The van der Waals surface area contributed by atoms with Crippen LogP contribution >= 0.6 is 0 Å². The van der Waals surface area contributed by atoms with E-state index in [9.17, 15) is 18.0 Å². The van der Waals surface area contributed by atoms with Gasteiger partial charge < -0.3 is 0 Å². The van der Waals surface area contributed by atoms with Gasteiger partial charge in [0, 0.05) is 5.56 Å². The quantitative estimate of drug-likeness (QED) is 0.796. The van der Waals surface area contributed by atoms with Gasteiger partial charge in [0.1, 0.15) is 0 Å². The normalized spacial score (nSPS) is 11.6. The maximum absolute atomic E-state index is 12.5. The van der Waals surface area contributed by atoms with Crippen LogP contribution in [0.3, 0.4) is 0 Å². The van der Waals surface area contributed by atoms with Crippen molar-refractivity contribution in [2.24, 2.45) is 7.05 Å². The lowest BCUT2D eigenvalue weighted by Gasteiger charge is -2.07. The number of ketones is 1. The highest BCUT2D eigenvalue weighted by Gasteiger charge is 2.30. The van der Waals surface area contributed by atoms with E-state index in [0.29, 0.717) is 0 Å². The van der Waals surface area contributed by atoms with Crippen molar-refractivity contribution >= 4 is 5.78 Å². The minimum Gasteiger partial charge on any atom is -0.294 e. The van der Waals surface area contributed by atoms with Crippen molar-refractivity contribution in [2.45, 2.75) is 12.6 Å². The fourth-order valence-electron chi connectivity index (χ4n) is 1.51. The second kappa shape index (κ2) is 4.79. The molecule has 0 saturated heterocycles. The van der Waals surface area contributed by atoms with Gasteiger partial charge in [0.15, 0.2) is 11.6 Å². The van der Waals surface area contributed by atoms with E-state index in [1.807, 2.05) is 0 Å². The summed E-state index contributed by atoms with van der Waals surface area (Å²) in [6, 6.07) is 4.25. The minimum atomic E-state index is -4.47. The molecule has 5 nitrogen and oxygen atoms in total. The van der Waals surface area contributed by atoms with Crippen LogP contribution in [0.2, 0.25) is 0 Å². The molecule has 1 aromatic carbocycles. The van der Waals surface area contributed by atoms with E-state index in [1.165, 1.54) is 24.0 Å². The van der Waals surface area contributed by atoms with Gasteiger partial charge in [-0.15, -0.1) is 10.2 Å². The SMILES string of the molecule is Cn1nnc(CC(=O)c2cccc(C(F)(F)F)c2)n1. The smallest absolute Gasteiger partial charge is 0.294 e. The Labute approximate surface area is 106 Å². The van der Waals surface area contributed by atoms with Crippen molar-refractivity contribution in [1.29, 1.82) is 0 Å². The zero-order valence-corrected chi connectivity index (χ0v) is 9.85. The van der Waals surface area contributed by atoms with E-state index >= 15 is 0 Å². The molecular weight excluding hydrogens is 261 g/mol. The molecule has 0 aliphatic rings. The van der Waals surface area contributed by atoms with Crippen molar-refractivity contribution in [2.75, 3.05) is 0 Å². The number of carbonyl (C=O) groups excluding carboxylic acids is 1. The molecule has 100 valence electrons. The summed E-state index contributed by atoms with van der Waals surface area (Å²) in [6.45, 7) is 0. The van der Waals surface area contributed by atoms with E-state index in [-0.39, 0.29) is 17.8 Å². The van der Waals surface area contributed by atoms with E-state index in [1.54, 1.807) is 0 Å². The first-order valence-corrected chi connectivity index (χ1v) is 5.29. The van der Waals surface area contributed by atoms with Gasteiger partial charge in [0.05, 0.1) is 19.0 Å². The van der Waals surface area contributed by atoms with E-state index in [0.717, 1.165) is 12.1 Å². The number of nitrogens with zero attached hydrogens (tertiary/aromatic N) is 4. The monoisotopic (exact) mass is 270 g/mol. The van der Waals surface area contributed by atoms with E-state index < -0.39 is 17.5 Å². The van der Waals surface area contributed by atoms with Crippen LogP contribution in [-0.2, 0) is 19.6 Å². The summed E-state index contributed by atoms with van der Waals surface area (Å²) in [5.41, 5.74) is -0.882. The van der Waals surface area contributed by atoms with Gasteiger partial charge in [-0.1, -0.05) is 12.1 Å². The Morgan fingerprint density at radius 1 is 1.37 bits per heavy atom. The molecule has 0 atom stereocenters. The number of benzene rings is 1. The standard InChI is InChI=1S/C11H9F3N4O/c1-18-16-10(15-17-18)6-9(19)7-3-2-4-8(5-7)11(12,13)14/h2-5H,6H2,1H3. The van der Waals surface area contributed by atoms with Gasteiger partial charge in [0.25, 0.3) is 0 Å². The van der Waals surface area contributed by atoms with Crippen LogP contribution in [0.1, 0.15) is 21.7 Å². The lowest BCUT2D eigenvalue weighted by Crippen LogP contribution is -2.09. The number of aromatic nitrogens is 4. The second-order valence-electron chi connectivity index (χ2n) is 3.87. The average molecular weight is 270 g/mol. The van der Waals surface area contributed by atoms with Crippen LogP contribution in [-0.4, -0.2) is 26.0 Å². The third kappa shape index (κ3) is 3.15. The maximum atomic E-state index is 12.5. The van der Waals surface area contributed by atoms with Gasteiger partial charge in [-0.25, -0.2) is 0 Å². The zero-order chi connectivity index (χ0) is 14.0. The molecule has 2 rings (SSSR count). The molecule has 1 aromatic heterocycles. The third-order valence-electron chi connectivity index (χ3n) is 2.38. The van der Waals surface area contributed by atoms with Crippen molar-refractivity contribution in [3.05, 3.63) is 41.2 Å². The summed E-state index contributed by atoms with van der Waals surface area (Å²) >= 11 is 0. The summed E-state index contributed by atoms with van der Waals surface area (Å²) in [5, 5.41) is 11.0. The Hall–Kier alpha value is -2.25. The van der Waals surface area contributed by atoms with Crippen molar-refractivity contribution in [3.8, 4) is 0 Å². The molecule has 1 heterocycles. The Morgan fingerprint density at radius 3 is 2.68 bits per heavy atom. The zero-order valence-electron chi connectivity index (χ0n) is 9.85. The molecule has 0 aliphatic heterocycles. The first-order chi connectivity index (χ1) is 8.86. The number of tetrazole rings is 1. The third-order valence-corrected chi connectivity index (χ3v) is 2.38. The van der Waals surface area contributed by atoms with E-state index in [4.69, 9.17) is 0 Å². The molecule has 8 heteroatoms. The molecule has 0 spiro atoms. The number of Topliss-reactive ketones (excluding diaryl/α,β-unsaturated/α-hetero) is 1. The molecule has 2 aromatic rings. The average Bonchev–Trinajstić information content (AvgIpc) is 2.74. The molecule has 0 unspecified atom stereocenters. The second-order valence-corrected chi connectivity index (χ2v) is 3.87. The number of hydrogen-bond acceptors (Lipinski definition) is 4. The molecule has 0 amide bonds. The van der Waals surface area contributed by atoms with Crippen molar-refractivity contribution in [1.82, 2.24) is 20.2 Å². The first-order valence-electron chi connectivity index (χ1n) is 5.29. The molecular formula is C11H9F3N4O. The van der Waals surface area contributed by atoms with Crippen molar-refractivity contribution in [3.63, 3.8) is 0 Å². The fourth-order valence-corrected chi connectivity index (χ4v) is 1.51. The van der Waals surface area contributed by atoms with Crippen LogP contribution in [0.25, 0.3) is 0 Å². The molecule has 0 radical (unpaired) electrons. The van der Waals surface area contributed by atoms with Crippen LogP contribution in [0.5, 0.6) is 0 Å². The lowest BCUT2D eigenvalue weighted by atomic mass is 10.0. The molecule has 0 aliphatic carbocycles. The van der Waals surface area contributed by atoms with Gasteiger partial charge in [-0.2, -0.15) is 18.0 Å². The van der Waals surface area contributed by atoms with Crippen LogP contribution in [0, 0.1) is 0 Å². The largest absolute Gasteiger partial charge is 0.416 e. The van der Waals surface area contributed by atoms with Gasteiger partial charge >= 0.3 is 6.18 Å². The summed E-state index contributed by atoms with van der Waals surface area (Å²) in [5.74, 6) is -0.316. The van der Waals surface area contributed by atoms with Gasteiger partial charge in [0.2, 0.25) is 0 Å². The summed E-state index contributed by atoms with van der Waals surface area (Å²) < 4.78 is 37.5. The predicted octanol–water partition coefficient (Wildman–Crippen LogP) is 1.65. The van der Waals surface area contributed by atoms with E-state index in [2.05, 4.69) is 15.4 Å². The summed E-state index contributed by atoms with van der Waals surface area (Å²) in [4.78, 5) is 13.0. The number of halogens is 3. The highest BCUT2D eigenvalue weighted by Crippen LogP contribution is 2.29. The van der Waals surface area contributed by atoms with Gasteiger partial charge in [-0.3, -0.25) is 4.79 Å². The summed E-state index contributed by atoms with van der Waals surface area (Å²) in [7, 11) is 1.53. The number of rotatable bonds is 3. The Kier molecular flexibility index (Phi) is 3.32. The summed E-state index contributed by atoms with van der Waals surface area (Å²) in [6.07, 6.45) is -4.66. The maximum Gasteiger partial charge on any atom is 0.416 e. The lowest BCUT2D eigenvalue weighted by molar-refractivity contribution is -0.137. The molecule has 0 N–H and O–H groups in total. The highest BCUT2D eigenvalue weighted by atomic mass is 19.4. The number of hydrogen-bond donors (Lipinski definition) is 0. The Bertz CT molecular complexity index is 606. The Morgan fingerprint density at radius 2 is 2.11 bits per heavy atom. The predicted molar refractivity (Wildman–Crippen MR) is 58.3 cm³/mol. The first kappa shape index (κ1) is 13.2. The fraction of sp³-hybridized carbons (Fsp3) is 0.273. The molecule has 19 heavy (non-hydrogen) atoms. The van der Waals surface area contributed by atoms with Crippen LogP contribution in [0.15, 0.2) is 24.3 Å². The Balaban J connectivity index is 2.20. The minimum absolute atomic E-state index is 0.0257. The number of aryl methyl sites for hydroxylation is 1. The highest BCUT2D eigenvalue weighted by molar-refractivity contribution is 5.97. The molecule has 0 bridgehead atoms. The number of alkyl halides is 3. The van der Waals surface area contributed by atoms with Crippen LogP contribution < -0.4 is 0 Å². The molecule has 0 fully saturated rings. The van der Waals surface area contributed by atoms with Crippen LogP contribution in [0.4, 0.5) is 13.2 Å². The van der Waals surface area contributed by atoms with Gasteiger partial charge in [-0.05, 0) is 17.3 Å². The number of carbonyl (C=O) groups is 1. The molecule has 0 saturated carbocycles. The van der Waals surface area contributed by atoms with Crippen molar-refractivity contribution < 1.29 is 18.0 Å².